The van der Waals surface area contributed by atoms with Gasteiger partial charge in [0.05, 0.1) is 11.3 Å². The van der Waals surface area contributed by atoms with E-state index in [1.807, 2.05) is 26.0 Å². The smallest absolute Gasteiger partial charge is 0.268 e. The summed E-state index contributed by atoms with van der Waals surface area (Å²) in [5, 5.41) is 0.467. The average Bonchev–Trinajstić information content (AvgIpc) is 2.74. The highest BCUT2D eigenvalue weighted by Gasteiger charge is 2.39. The second-order valence-electron chi connectivity index (χ2n) is 5.41. The van der Waals surface area contributed by atoms with Gasteiger partial charge in [0.1, 0.15) is 5.03 Å². The summed E-state index contributed by atoms with van der Waals surface area (Å²) in [6, 6.07) is 12.1. The van der Waals surface area contributed by atoms with E-state index in [9.17, 15) is 9.59 Å². The number of hydrogen-bond acceptors (Lipinski definition) is 2. The SMILES string of the molecule is Cc1ccc(C2=C(Cl)C(=O)N(c3ccc(Cl)cc3)C2=O)cc1C. The predicted molar refractivity (Wildman–Crippen MR) is 92.6 cm³/mol. The Kier molecular flexibility index (Phi) is 4.00. The number of aryl methyl sites for hydroxylation is 2. The Bertz CT molecular complexity index is 854. The number of rotatable bonds is 2. The Morgan fingerprint density at radius 1 is 0.826 bits per heavy atom. The highest BCUT2D eigenvalue weighted by molar-refractivity contribution is 6.60. The molecule has 1 aliphatic rings. The second-order valence-corrected chi connectivity index (χ2v) is 6.22. The third-order valence-corrected chi connectivity index (χ3v) is 4.51. The van der Waals surface area contributed by atoms with Crippen LogP contribution in [0.15, 0.2) is 47.5 Å². The molecular formula is C18H13Cl2NO2. The molecule has 0 unspecified atom stereocenters. The van der Waals surface area contributed by atoms with Crippen molar-refractivity contribution in [2.75, 3.05) is 4.90 Å². The van der Waals surface area contributed by atoms with Crippen LogP contribution in [0.25, 0.3) is 5.57 Å². The van der Waals surface area contributed by atoms with Crippen LogP contribution in [0.2, 0.25) is 5.02 Å². The van der Waals surface area contributed by atoms with Crippen LogP contribution in [0.1, 0.15) is 16.7 Å². The first-order valence-electron chi connectivity index (χ1n) is 7.02. The molecule has 3 nitrogen and oxygen atoms in total. The molecule has 5 heteroatoms. The fourth-order valence-corrected chi connectivity index (χ4v) is 2.88. The molecule has 0 aliphatic carbocycles. The van der Waals surface area contributed by atoms with Crippen LogP contribution in [-0.4, -0.2) is 11.8 Å². The minimum absolute atomic E-state index is 0.0618. The van der Waals surface area contributed by atoms with Crippen molar-refractivity contribution >= 4 is 46.3 Å². The summed E-state index contributed by atoms with van der Waals surface area (Å²) in [7, 11) is 0. The van der Waals surface area contributed by atoms with Crippen molar-refractivity contribution in [3.8, 4) is 0 Å². The van der Waals surface area contributed by atoms with Crippen LogP contribution in [0.4, 0.5) is 5.69 Å². The quantitative estimate of drug-likeness (QED) is 0.752. The maximum Gasteiger partial charge on any atom is 0.277 e. The molecule has 2 aromatic rings. The van der Waals surface area contributed by atoms with E-state index >= 15 is 0 Å². The topological polar surface area (TPSA) is 37.4 Å². The van der Waals surface area contributed by atoms with Crippen molar-refractivity contribution in [1.82, 2.24) is 0 Å². The number of carbonyl (C=O) groups excluding carboxylic acids is 2. The first-order valence-corrected chi connectivity index (χ1v) is 7.77. The van der Waals surface area contributed by atoms with Gasteiger partial charge in [-0.1, -0.05) is 41.4 Å². The molecule has 23 heavy (non-hydrogen) atoms. The summed E-state index contributed by atoms with van der Waals surface area (Å²) in [6.07, 6.45) is 0. The molecule has 116 valence electrons. The lowest BCUT2D eigenvalue weighted by Crippen LogP contribution is -2.31. The fraction of sp³-hybridized carbons (Fsp3) is 0.111. The Morgan fingerprint density at radius 3 is 2.09 bits per heavy atom. The number of carbonyl (C=O) groups is 2. The Morgan fingerprint density at radius 2 is 1.48 bits per heavy atom. The van der Waals surface area contributed by atoms with Crippen LogP contribution in [0.3, 0.4) is 0 Å². The molecule has 3 rings (SSSR count). The molecule has 0 saturated carbocycles. The van der Waals surface area contributed by atoms with Crippen LogP contribution in [-0.2, 0) is 9.59 Å². The normalized spacial score (nSPS) is 14.9. The lowest BCUT2D eigenvalue weighted by atomic mass is 10.0. The minimum atomic E-state index is -0.521. The third kappa shape index (κ3) is 2.67. The van der Waals surface area contributed by atoms with Gasteiger partial charge in [-0.05, 0) is 54.8 Å². The van der Waals surface area contributed by atoms with Gasteiger partial charge in [-0.25, -0.2) is 4.90 Å². The molecule has 0 atom stereocenters. The van der Waals surface area contributed by atoms with Crippen LogP contribution in [0, 0.1) is 13.8 Å². The lowest BCUT2D eigenvalue weighted by Gasteiger charge is -2.15. The molecule has 2 amide bonds. The standard InChI is InChI=1S/C18H13Cl2NO2/c1-10-3-4-12(9-11(10)2)15-16(20)18(23)21(17(15)22)14-7-5-13(19)6-8-14/h3-9H,1-2H3. The van der Waals surface area contributed by atoms with Gasteiger partial charge in [-0.15, -0.1) is 0 Å². The van der Waals surface area contributed by atoms with Gasteiger partial charge < -0.3 is 0 Å². The van der Waals surface area contributed by atoms with Crippen LogP contribution < -0.4 is 4.90 Å². The monoisotopic (exact) mass is 345 g/mol. The van der Waals surface area contributed by atoms with Crippen LogP contribution in [0.5, 0.6) is 0 Å². The number of benzene rings is 2. The highest BCUT2D eigenvalue weighted by atomic mass is 35.5. The number of anilines is 1. The van der Waals surface area contributed by atoms with Crippen molar-refractivity contribution in [2.24, 2.45) is 0 Å². The number of amides is 2. The van der Waals surface area contributed by atoms with E-state index in [0.29, 0.717) is 16.3 Å². The Hall–Kier alpha value is -2.10. The first kappa shape index (κ1) is 15.8. The van der Waals surface area contributed by atoms with E-state index in [2.05, 4.69) is 0 Å². The molecule has 1 heterocycles. The first-order chi connectivity index (χ1) is 10.9. The van der Waals surface area contributed by atoms with Gasteiger partial charge in [0.2, 0.25) is 0 Å². The summed E-state index contributed by atoms with van der Waals surface area (Å²) in [5.41, 5.74) is 3.46. The molecule has 1 aliphatic heterocycles. The largest absolute Gasteiger partial charge is 0.277 e. The van der Waals surface area contributed by atoms with Crippen LogP contribution >= 0.6 is 23.2 Å². The van der Waals surface area contributed by atoms with E-state index in [1.165, 1.54) is 0 Å². The Labute approximate surface area is 144 Å². The van der Waals surface area contributed by atoms with Gasteiger partial charge in [0.25, 0.3) is 11.8 Å². The molecule has 0 spiro atoms. The zero-order valence-corrected chi connectivity index (χ0v) is 14.1. The predicted octanol–water partition coefficient (Wildman–Crippen LogP) is 4.48. The van der Waals surface area contributed by atoms with E-state index in [-0.39, 0.29) is 10.6 Å². The van der Waals surface area contributed by atoms with Crippen molar-refractivity contribution in [2.45, 2.75) is 13.8 Å². The molecule has 0 saturated heterocycles. The summed E-state index contributed by atoms with van der Waals surface area (Å²) >= 11 is 12.0. The van der Waals surface area contributed by atoms with Crippen molar-refractivity contribution in [3.63, 3.8) is 0 Å². The molecule has 0 bridgehead atoms. The molecule has 2 aromatic carbocycles. The number of imide groups is 1. The number of halogens is 2. The fourth-order valence-electron chi connectivity index (χ4n) is 2.47. The summed E-state index contributed by atoms with van der Waals surface area (Å²) in [5.74, 6) is -0.946. The van der Waals surface area contributed by atoms with E-state index in [4.69, 9.17) is 23.2 Å². The van der Waals surface area contributed by atoms with E-state index in [1.54, 1.807) is 30.3 Å². The van der Waals surface area contributed by atoms with Gasteiger partial charge in [0, 0.05) is 5.02 Å². The number of hydrogen-bond donors (Lipinski definition) is 0. The van der Waals surface area contributed by atoms with Gasteiger partial charge >= 0.3 is 0 Å². The summed E-state index contributed by atoms with van der Waals surface area (Å²) < 4.78 is 0. The molecular weight excluding hydrogens is 333 g/mol. The minimum Gasteiger partial charge on any atom is -0.268 e. The van der Waals surface area contributed by atoms with Gasteiger partial charge in [-0.3, -0.25) is 9.59 Å². The van der Waals surface area contributed by atoms with Crippen molar-refractivity contribution in [1.29, 1.82) is 0 Å². The summed E-state index contributed by atoms with van der Waals surface area (Å²) in [6.45, 7) is 3.93. The maximum atomic E-state index is 12.7. The average molecular weight is 346 g/mol. The second kappa shape index (κ2) is 5.84. The highest BCUT2D eigenvalue weighted by Crippen LogP contribution is 2.35. The molecule has 0 aromatic heterocycles. The Balaban J connectivity index is 2.05. The maximum absolute atomic E-state index is 12.7. The number of nitrogens with zero attached hydrogens (tertiary/aromatic N) is 1. The summed E-state index contributed by atoms with van der Waals surface area (Å²) in [4.78, 5) is 26.2. The zero-order valence-electron chi connectivity index (χ0n) is 12.6. The zero-order chi connectivity index (χ0) is 16.7. The molecule has 0 radical (unpaired) electrons. The van der Waals surface area contributed by atoms with Crippen molar-refractivity contribution < 1.29 is 9.59 Å². The lowest BCUT2D eigenvalue weighted by molar-refractivity contribution is -0.119. The van der Waals surface area contributed by atoms with Gasteiger partial charge in [0.15, 0.2) is 0 Å². The van der Waals surface area contributed by atoms with E-state index < -0.39 is 11.8 Å². The molecule has 0 fully saturated rings. The van der Waals surface area contributed by atoms with E-state index in [0.717, 1.165) is 16.0 Å². The third-order valence-electron chi connectivity index (χ3n) is 3.91. The van der Waals surface area contributed by atoms with Gasteiger partial charge in [-0.2, -0.15) is 0 Å². The molecule has 0 N–H and O–H groups in total. The van der Waals surface area contributed by atoms with Crippen molar-refractivity contribution in [3.05, 3.63) is 69.2 Å².